The molecule has 2 fully saturated rings. The van der Waals surface area contributed by atoms with Crippen molar-refractivity contribution < 1.29 is 4.74 Å². The molecule has 0 aromatic carbocycles. The number of hydrogen-bond acceptors (Lipinski definition) is 8. The summed E-state index contributed by atoms with van der Waals surface area (Å²) in [6.45, 7) is 10.4. The normalized spacial score (nSPS) is 22.3. The van der Waals surface area contributed by atoms with Crippen molar-refractivity contribution in [1.29, 1.82) is 0 Å². The Bertz CT molecular complexity index is 1270. The van der Waals surface area contributed by atoms with Gasteiger partial charge in [-0.2, -0.15) is 10.1 Å². The van der Waals surface area contributed by atoms with Crippen molar-refractivity contribution in [3.63, 3.8) is 0 Å². The minimum atomic E-state index is -0.117. The van der Waals surface area contributed by atoms with Crippen molar-refractivity contribution in [3.05, 3.63) is 28.2 Å². The molecule has 3 aromatic heterocycles. The maximum atomic E-state index is 13.5. The van der Waals surface area contributed by atoms with E-state index in [2.05, 4.69) is 39.2 Å². The van der Waals surface area contributed by atoms with E-state index in [1.165, 1.54) is 0 Å². The van der Waals surface area contributed by atoms with Crippen LogP contribution >= 0.6 is 0 Å². The Morgan fingerprint density at radius 1 is 1.32 bits per heavy atom. The van der Waals surface area contributed by atoms with Crippen LogP contribution < -0.4 is 21.5 Å². The number of piperidine rings is 1. The smallest absolute Gasteiger partial charge is 0.266 e. The quantitative estimate of drug-likeness (QED) is 0.534. The summed E-state index contributed by atoms with van der Waals surface area (Å²) in [6.07, 6.45) is 3.66. The summed E-state index contributed by atoms with van der Waals surface area (Å²) in [4.78, 5) is 25.0. The van der Waals surface area contributed by atoms with Crippen molar-refractivity contribution in [2.24, 2.45) is 18.2 Å². The topological polar surface area (TPSA) is 127 Å². The standard InChI is InChI=1S/C24H34N8O2/c1-13(2)27-20-14(3)16(6-9-26-20)18-17-21(30-29-18)28-23(31(5)22(17)33)32-10-7-24(8-11-32)12-34-15(4)19(24)25/h6,9,13,15,19H,7-8,10-12,25H2,1-5H3,(H,26,27)(H,29,30)/t15-,19+/m0/s1. The molecule has 10 nitrogen and oxygen atoms in total. The Morgan fingerprint density at radius 2 is 2.06 bits per heavy atom. The third-order valence-corrected chi connectivity index (χ3v) is 7.56. The summed E-state index contributed by atoms with van der Waals surface area (Å²) in [5, 5.41) is 11.3. The van der Waals surface area contributed by atoms with E-state index < -0.39 is 0 Å². The second kappa shape index (κ2) is 8.35. The number of aromatic amines is 1. The van der Waals surface area contributed by atoms with Crippen LogP contribution in [0.1, 0.15) is 39.2 Å². The van der Waals surface area contributed by atoms with Gasteiger partial charge < -0.3 is 20.7 Å². The first-order valence-electron chi connectivity index (χ1n) is 12.0. The van der Waals surface area contributed by atoms with Crippen molar-refractivity contribution in [2.75, 3.05) is 29.9 Å². The fraction of sp³-hybridized carbons (Fsp3) is 0.583. The number of rotatable bonds is 4. The zero-order chi connectivity index (χ0) is 24.2. The summed E-state index contributed by atoms with van der Waals surface area (Å²) < 4.78 is 7.48. The molecular formula is C24H34N8O2. The fourth-order valence-electron chi connectivity index (χ4n) is 5.37. The van der Waals surface area contributed by atoms with E-state index in [1.807, 2.05) is 19.9 Å². The Kier molecular flexibility index (Phi) is 5.60. The van der Waals surface area contributed by atoms with Gasteiger partial charge in [-0.25, -0.2) is 4.98 Å². The van der Waals surface area contributed by atoms with Gasteiger partial charge in [0, 0.05) is 55.0 Å². The Labute approximate surface area is 198 Å². The molecule has 10 heteroatoms. The maximum absolute atomic E-state index is 13.5. The first-order chi connectivity index (χ1) is 16.2. The molecule has 0 radical (unpaired) electrons. The lowest BCUT2D eigenvalue weighted by Crippen LogP contribution is -2.51. The van der Waals surface area contributed by atoms with Gasteiger partial charge in [-0.15, -0.1) is 0 Å². The van der Waals surface area contributed by atoms with Gasteiger partial charge in [0.2, 0.25) is 5.95 Å². The van der Waals surface area contributed by atoms with Crippen molar-refractivity contribution in [3.8, 4) is 11.3 Å². The highest BCUT2D eigenvalue weighted by atomic mass is 16.5. The Morgan fingerprint density at radius 3 is 2.71 bits per heavy atom. The highest BCUT2D eigenvalue weighted by molar-refractivity contribution is 5.92. The predicted octanol–water partition coefficient (Wildman–Crippen LogP) is 2.18. The average molecular weight is 467 g/mol. The second-order valence-corrected chi connectivity index (χ2v) is 10.1. The molecule has 0 saturated carbocycles. The van der Waals surface area contributed by atoms with E-state index in [0.29, 0.717) is 29.3 Å². The van der Waals surface area contributed by atoms with E-state index in [9.17, 15) is 4.79 Å². The van der Waals surface area contributed by atoms with Gasteiger partial charge in [0.25, 0.3) is 5.56 Å². The van der Waals surface area contributed by atoms with Crippen molar-refractivity contribution in [2.45, 2.75) is 58.7 Å². The molecule has 0 amide bonds. The number of hydrogen-bond donors (Lipinski definition) is 3. The highest BCUT2D eigenvalue weighted by Crippen LogP contribution is 2.41. The largest absolute Gasteiger partial charge is 0.376 e. The third kappa shape index (κ3) is 3.56. The number of nitrogens with zero attached hydrogens (tertiary/aromatic N) is 5. The number of anilines is 2. The number of nitrogens with two attached hydrogens (primary N) is 1. The van der Waals surface area contributed by atoms with Gasteiger partial charge in [-0.1, -0.05) is 0 Å². The first kappa shape index (κ1) is 22.8. The van der Waals surface area contributed by atoms with Gasteiger partial charge >= 0.3 is 0 Å². The van der Waals surface area contributed by atoms with E-state index in [4.69, 9.17) is 15.5 Å². The molecule has 182 valence electrons. The fourth-order valence-corrected chi connectivity index (χ4v) is 5.37. The lowest BCUT2D eigenvalue weighted by Gasteiger charge is -2.41. The lowest BCUT2D eigenvalue weighted by atomic mass is 9.73. The van der Waals surface area contributed by atoms with E-state index in [-0.39, 0.29) is 29.2 Å². The summed E-state index contributed by atoms with van der Waals surface area (Å²) in [6, 6.07) is 2.19. The zero-order valence-corrected chi connectivity index (χ0v) is 20.6. The molecule has 2 aliphatic heterocycles. The zero-order valence-electron chi connectivity index (χ0n) is 20.6. The van der Waals surface area contributed by atoms with Gasteiger partial charge in [0.05, 0.1) is 18.4 Å². The molecule has 0 aliphatic carbocycles. The van der Waals surface area contributed by atoms with Crippen LogP contribution in [0.15, 0.2) is 17.1 Å². The number of aromatic nitrogens is 5. The van der Waals surface area contributed by atoms with Crippen molar-refractivity contribution >= 4 is 22.8 Å². The minimum Gasteiger partial charge on any atom is -0.376 e. The number of nitrogens with one attached hydrogen (secondary N) is 2. The molecule has 3 aromatic rings. The molecule has 0 unspecified atom stereocenters. The van der Waals surface area contributed by atoms with Gasteiger partial charge in [-0.3, -0.25) is 14.5 Å². The molecule has 5 rings (SSSR count). The summed E-state index contributed by atoms with van der Waals surface area (Å²) >= 11 is 0. The number of pyridine rings is 1. The van der Waals surface area contributed by atoms with Crippen LogP contribution in [0.25, 0.3) is 22.3 Å². The van der Waals surface area contributed by atoms with Crippen LogP contribution in [0, 0.1) is 12.3 Å². The van der Waals surface area contributed by atoms with Gasteiger partial charge in [-0.05, 0) is 46.6 Å². The van der Waals surface area contributed by atoms with Crippen LogP contribution in [0.4, 0.5) is 11.8 Å². The number of H-pyrrole nitrogens is 1. The van der Waals surface area contributed by atoms with E-state index >= 15 is 0 Å². The predicted molar refractivity (Wildman–Crippen MR) is 133 cm³/mol. The third-order valence-electron chi connectivity index (χ3n) is 7.56. The van der Waals surface area contributed by atoms with Gasteiger partial charge in [0.1, 0.15) is 11.2 Å². The minimum absolute atomic E-state index is 0.0129. The Hall–Kier alpha value is -2.98. The summed E-state index contributed by atoms with van der Waals surface area (Å²) in [5.41, 5.74) is 9.31. The summed E-state index contributed by atoms with van der Waals surface area (Å²) in [7, 11) is 1.78. The molecule has 4 N–H and O–H groups in total. The lowest BCUT2D eigenvalue weighted by molar-refractivity contribution is 0.0973. The molecule has 0 bridgehead atoms. The molecule has 2 atom stereocenters. The maximum Gasteiger partial charge on any atom is 0.266 e. The van der Waals surface area contributed by atoms with E-state index in [0.717, 1.165) is 42.9 Å². The number of fused-ring (bicyclic) bond motifs is 1. The molecule has 5 heterocycles. The monoisotopic (exact) mass is 466 g/mol. The summed E-state index contributed by atoms with van der Waals surface area (Å²) in [5.74, 6) is 1.43. The van der Waals surface area contributed by atoms with Crippen LogP contribution in [-0.4, -0.2) is 62.6 Å². The molecule has 1 spiro atoms. The molecular weight excluding hydrogens is 432 g/mol. The van der Waals surface area contributed by atoms with Crippen LogP contribution in [-0.2, 0) is 11.8 Å². The Balaban J connectivity index is 1.49. The second-order valence-electron chi connectivity index (χ2n) is 10.1. The average Bonchev–Trinajstić information content (AvgIpc) is 3.35. The molecule has 2 saturated heterocycles. The highest BCUT2D eigenvalue weighted by Gasteiger charge is 2.47. The van der Waals surface area contributed by atoms with Crippen LogP contribution in [0.5, 0.6) is 0 Å². The van der Waals surface area contributed by atoms with E-state index in [1.54, 1.807) is 17.8 Å². The van der Waals surface area contributed by atoms with Crippen LogP contribution in [0.3, 0.4) is 0 Å². The first-order valence-corrected chi connectivity index (χ1v) is 12.0. The molecule has 34 heavy (non-hydrogen) atoms. The van der Waals surface area contributed by atoms with Crippen molar-refractivity contribution in [1.82, 2.24) is 24.7 Å². The number of ether oxygens (including phenoxy) is 1. The van der Waals surface area contributed by atoms with Gasteiger partial charge in [0.15, 0.2) is 5.65 Å². The molecule has 2 aliphatic rings. The SMILES string of the molecule is Cc1c(-c2[nH]nc3nc(N4CCC5(CC4)CO[C@@H](C)[C@H]5N)n(C)c(=O)c23)ccnc1NC(C)C. The van der Waals surface area contributed by atoms with Crippen LogP contribution in [0.2, 0.25) is 0 Å².